The van der Waals surface area contributed by atoms with Crippen LogP contribution in [0.4, 0.5) is 14.9 Å². The van der Waals surface area contributed by atoms with Gasteiger partial charge in [0.1, 0.15) is 5.82 Å². The third-order valence-corrected chi connectivity index (χ3v) is 6.93. The lowest BCUT2D eigenvalue weighted by molar-refractivity contribution is 0.0452. The highest BCUT2D eigenvalue weighted by Gasteiger charge is 2.32. The molecule has 0 radical (unpaired) electrons. The first-order chi connectivity index (χ1) is 15.1. The summed E-state index contributed by atoms with van der Waals surface area (Å²) in [4.78, 5) is 15.2. The van der Waals surface area contributed by atoms with Gasteiger partial charge in [0.15, 0.2) is 5.82 Å². The molecule has 1 aromatic rings. The molecule has 0 bridgehead atoms. The number of hydrogen-bond acceptors (Lipinski definition) is 6. The maximum atomic E-state index is 15.4. The number of halogens is 1. The van der Waals surface area contributed by atoms with E-state index in [1.807, 2.05) is 17.9 Å². The molecular formula is C21H30FN5O4S. The van der Waals surface area contributed by atoms with Gasteiger partial charge in [0.05, 0.1) is 24.6 Å². The summed E-state index contributed by atoms with van der Waals surface area (Å²) < 4.78 is 46.0. The van der Waals surface area contributed by atoms with E-state index in [0.717, 1.165) is 0 Å². The third kappa shape index (κ3) is 5.47. The van der Waals surface area contributed by atoms with E-state index in [1.165, 1.54) is 15.5 Å². The van der Waals surface area contributed by atoms with Crippen LogP contribution in [0.15, 0.2) is 42.2 Å². The normalized spacial score (nSPS) is 22.6. The summed E-state index contributed by atoms with van der Waals surface area (Å²) in [7, 11) is -1.75. The molecule has 2 amide bonds. The lowest BCUT2D eigenvalue weighted by Gasteiger charge is -2.40. The van der Waals surface area contributed by atoms with Crippen molar-refractivity contribution in [2.75, 3.05) is 44.9 Å². The average Bonchev–Trinajstić information content (AvgIpc) is 2.71. The molecule has 3 N–H and O–H groups in total. The number of amides is 2. The fourth-order valence-electron chi connectivity index (χ4n) is 3.99. The molecule has 0 saturated carbocycles. The van der Waals surface area contributed by atoms with Crippen LogP contribution in [0.5, 0.6) is 0 Å². The smallest absolute Gasteiger partial charge is 0.320 e. The molecule has 9 nitrogen and oxygen atoms in total. The molecule has 0 aliphatic carbocycles. The van der Waals surface area contributed by atoms with Gasteiger partial charge >= 0.3 is 6.03 Å². The Morgan fingerprint density at radius 1 is 1.34 bits per heavy atom. The van der Waals surface area contributed by atoms with Crippen molar-refractivity contribution >= 4 is 21.7 Å². The molecule has 11 heteroatoms. The molecular weight excluding hydrogens is 437 g/mol. The van der Waals surface area contributed by atoms with E-state index in [4.69, 9.17) is 10.5 Å². The predicted octanol–water partition coefficient (Wildman–Crippen LogP) is 1.51. The third-order valence-electron chi connectivity index (χ3n) is 5.66. The molecule has 1 unspecified atom stereocenters. The maximum Gasteiger partial charge on any atom is 0.320 e. The number of methoxy groups -OCH3 is 1. The van der Waals surface area contributed by atoms with Gasteiger partial charge in [-0.3, -0.25) is 9.80 Å². The zero-order chi connectivity index (χ0) is 23.5. The predicted molar refractivity (Wildman–Crippen MR) is 121 cm³/mol. The second-order valence-electron chi connectivity index (χ2n) is 7.99. The molecule has 1 aromatic carbocycles. The number of nitrogens with two attached hydrogens (primary N) is 1. The number of rotatable bonds is 7. The van der Waals surface area contributed by atoms with Gasteiger partial charge in [-0.05, 0) is 19.1 Å². The highest BCUT2D eigenvalue weighted by molar-refractivity contribution is 7.88. The van der Waals surface area contributed by atoms with Crippen molar-refractivity contribution in [1.29, 1.82) is 0 Å². The zero-order valence-electron chi connectivity index (χ0n) is 18.5. The van der Waals surface area contributed by atoms with Crippen LogP contribution in [0, 0.1) is 5.82 Å². The number of carbonyl (C=O) groups excluding carboxylic acids is 1. The monoisotopic (exact) mass is 467 g/mol. The Balaban J connectivity index is 1.79. The van der Waals surface area contributed by atoms with Gasteiger partial charge in [-0.2, -0.15) is 4.31 Å². The Bertz CT molecular complexity index is 1010. The van der Waals surface area contributed by atoms with Gasteiger partial charge < -0.3 is 15.8 Å². The summed E-state index contributed by atoms with van der Waals surface area (Å²) in [5.41, 5.74) is 6.17. The van der Waals surface area contributed by atoms with Crippen molar-refractivity contribution in [3.8, 4) is 0 Å². The highest BCUT2D eigenvalue weighted by atomic mass is 32.2. The van der Waals surface area contributed by atoms with Crippen LogP contribution in [-0.2, 0) is 21.3 Å². The van der Waals surface area contributed by atoms with Gasteiger partial charge in [-0.15, -0.1) is 0 Å². The fourth-order valence-corrected chi connectivity index (χ4v) is 4.85. The number of carbonyl (C=O) groups is 1. The minimum Gasteiger partial charge on any atom is -0.383 e. The van der Waals surface area contributed by atoms with Crippen molar-refractivity contribution in [3.05, 3.63) is 53.6 Å². The van der Waals surface area contributed by atoms with Gasteiger partial charge in [-0.1, -0.05) is 24.3 Å². The van der Waals surface area contributed by atoms with E-state index in [-0.39, 0.29) is 24.3 Å². The largest absolute Gasteiger partial charge is 0.383 e. The number of piperazine rings is 1. The first-order valence-electron chi connectivity index (χ1n) is 10.3. The molecule has 3 rings (SSSR count). The number of anilines is 1. The number of sulfonamides is 1. The van der Waals surface area contributed by atoms with Crippen LogP contribution in [0.1, 0.15) is 12.5 Å². The molecule has 0 spiro atoms. The number of allylic oxidation sites excluding steroid dienone is 2. The van der Waals surface area contributed by atoms with Crippen LogP contribution in [0.3, 0.4) is 0 Å². The zero-order valence-corrected chi connectivity index (χ0v) is 19.3. The second-order valence-corrected chi connectivity index (χ2v) is 9.97. The van der Waals surface area contributed by atoms with Crippen molar-refractivity contribution in [2.24, 2.45) is 5.73 Å². The molecule has 2 aliphatic heterocycles. The molecule has 0 aromatic heterocycles. The van der Waals surface area contributed by atoms with Crippen molar-refractivity contribution in [3.63, 3.8) is 0 Å². The van der Waals surface area contributed by atoms with Crippen LogP contribution in [0.25, 0.3) is 0 Å². The van der Waals surface area contributed by atoms with Crippen LogP contribution in [-0.4, -0.2) is 80.2 Å². The number of nitrogens with one attached hydrogen (secondary N) is 1. The number of benzene rings is 1. The number of nitrogens with zero attached hydrogens (tertiary/aromatic N) is 3. The van der Waals surface area contributed by atoms with Crippen LogP contribution < -0.4 is 11.1 Å². The Hall–Kier alpha value is -2.47. The Morgan fingerprint density at radius 3 is 2.75 bits per heavy atom. The van der Waals surface area contributed by atoms with Gasteiger partial charge in [0.2, 0.25) is 10.0 Å². The lowest BCUT2D eigenvalue weighted by atomic mass is 10.1. The van der Waals surface area contributed by atoms with Crippen molar-refractivity contribution < 1.29 is 22.3 Å². The van der Waals surface area contributed by atoms with Gasteiger partial charge in [0.25, 0.3) is 0 Å². The molecule has 32 heavy (non-hydrogen) atoms. The summed E-state index contributed by atoms with van der Waals surface area (Å²) in [5.74, 6) is -0.0516. The molecule has 1 fully saturated rings. The Labute approximate surface area is 188 Å². The SMILES string of the molecule is COC[C@@H]1CN(S(C)(=O)=O)CCN1Cc1cccc(NC2=CC=CC(C)N2C(N)=O)c1F. The summed E-state index contributed by atoms with van der Waals surface area (Å²) in [6.07, 6.45) is 6.45. The van der Waals surface area contributed by atoms with E-state index >= 15 is 4.39 Å². The molecule has 2 atom stereocenters. The molecule has 2 aliphatic rings. The molecule has 1 saturated heterocycles. The number of urea groups is 1. The number of hydrogen-bond donors (Lipinski definition) is 2. The molecule has 176 valence electrons. The number of ether oxygens (including phenoxy) is 1. The van der Waals surface area contributed by atoms with Crippen molar-refractivity contribution in [2.45, 2.75) is 25.6 Å². The van der Waals surface area contributed by atoms with E-state index in [2.05, 4.69) is 5.32 Å². The lowest BCUT2D eigenvalue weighted by Crippen LogP contribution is -2.55. The van der Waals surface area contributed by atoms with Crippen LogP contribution >= 0.6 is 0 Å². The Morgan fingerprint density at radius 2 is 2.09 bits per heavy atom. The Kier molecular flexibility index (Phi) is 7.55. The highest BCUT2D eigenvalue weighted by Crippen LogP contribution is 2.25. The number of primary amides is 1. The van der Waals surface area contributed by atoms with Crippen molar-refractivity contribution in [1.82, 2.24) is 14.1 Å². The summed E-state index contributed by atoms with van der Waals surface area (Å²) in [6.45, 7) is 3.52. The van der Waals surface area contributed by atoms with Gasteiger partial charge in [0, 0.05) is 44.9 Å². The van der Waals surface area contributed by atoms with Gasteiger partial charge in [-0.25, -0.2) is 17.6 Å². The minimum atomic E-state index is -3.31. The summed E-state index contributed by atoms with van der Waals surface area (Å²) in [6, 6.07) is 3.93. The summed E-state index contributed by atoms with van der Waals surface area (Å²) in [5, 5.41) is 2.98. The van der Waals surface area contributed by atoms with E-state index in [1.54, 1.807) is 37.5 Å². The first-order valence-corrected chi connectivity index (χ1v) is 12.2. The maximum absolute atomic E-state index is 15.4. The fraction of sp³-hybridized carbons (Fsp3) is 0.476. The van der Waals surface area contributed by atoms with E-state index in [0.29, 0.717) is 37.6 Å². The topological polar surface area (TPSA) is 108 Å². The average molecular weight is 468 g/mol. The van der Waals surface area contributed by atoms with E-state index < -0.39 is 21.9 Å². The first kappa shape index (κ1) is 24.2. The minimum absolute atomic E-state index is 0.197. The van der Waals surface area contributed by atoms with E-state index in [9.17, 15) is 13.2 Å². The molecule has 2 heterocycles. The quantitative estimate of drug-likeness (QED) is 0.629. The summed E-state index contributed by atoms with van der Waals surface area (Å²) >= 11 is 0. The van der Waals surface area contributed by atoms with Crippen LogP contribution in [0.2, 0.25) is 0 Å². The standard InChI is InChI=1S/C21H30FN5O4S/c1-15-6-4-9-19(27(15)21(23)28)24-18-8-5-7-16(20(18)22)12-25-10-11-26(32(3,29)30)13-17(25)14-31-2/h4-9,15,17,24H,10-14H2,1-3H3,(H2,23,28)/t15?,17-/m0/s1. The second kappa shape index (κ2) is 9.99.